The molecule has 0 aliphatic heterocycles. The van der Waals surface area contributed by atoms with Gasteiger partial charge in [0.2, 0.25) is 0 Å². The highest BCUT2D eigenvalue weighted by Crippen LogP contribution is 2.20. The summed E-state index contributed by atoms with van der Waals surface area (Å²) in [5, 5.41) is 0. The first-order valence-corrected chi connectivity index (χ1v) is 7.56. The van der Waals surface area contributed by atoms with E-state index in [0.717, 1.165) is 19.3 Å². The fourth-order valence-corrected chi connectivity index (χ4v) is 2.47. The SMILES string of the molecule is CC(C)c1ccc(C(N)CCCc2ccccc2)cc1. The Morgan fingerprint density at radius 2 is 1.45 bits per heavy atom. The maximum absolute atomic E-state index is 6.29. The number of hydrogen-bond acceptors (Lipinski definition) is 1. The molecule has 1 nitrogen and oxygen atoms in total. The zero-order chi connectivity index (χ0) is 14.4. The van der Waals surface area contributed by atoms with Gasteiger partial charge >= 0.3 is 0 Å². The van der Waals surface area contributed by atoms with Crippen molar-refractivity contribution < 1.29 is 0 Å². The number of rotatable bonds is 6. The van der Waals surface area contributed by atoms with Gasteiger partial charge in [-0.3, -0.25) is 0 Å². The van der Waals surface area contributed by atoms with Crippen LogP contribution in [0, 0.1) is 0 Å². The first-order chi connectivity index (χ1) is 9.66. The largest absolute Gasteiger partial charge is 0.324 e. The number of nitrogens with two attached hydrogens (primary N) is 1. The van der Waals surface area contributed by atoms with Crippen molar-refractivity contribution in [1.82, 2.24) is 0 Å². The molecule has 0 spiro atoms. The van der Waals surface area contributed by atoms with Crippen LogP contribution in [0.5, 0.6) is 0 Å². The van der Waals surface area contributed by atoms with Crippen LogP contribution in [0.3, 0.4) is 0 Å². The van der Waals surface area contributed by atoms with Crippen molar-refractivity contribution in [2.24, 2.45) is 5.73 Å². The third kappa shape index (κ3) is 4.21. The molecule has 106 valence electrons. The predicted molar refractivity (Wildman–Crippen MR) is 86.8 cm³/mol. The average molecular weight is 267 g/mol. The molecule has 2 aromatic carbocycles. The van der Waals surface area contributed by atoms with Crippen molar-refractivity contribution in [3.63, 3.8) is 0 Å². The Morgan fingerprint density at radius 1 is 0.850 bits per heavy atom. The van der Waals surface area contributed by atoms with E-state index in [4.69, 9.17) is 5.73 Å². The van der Waals surface area contributed by atoms with E-state index in [0.29, 0.717) is 5.92 Å². The summed E-state index contributed by atoms with van der Waals surface area (Å²) in [5.74, 6) is 0.582. The van der Waals surface area contributed by atoms with Crippen molar-refractivity contribution in [2.75, 3.05) is 0 Å². The lowest BCUT2D eigenvalue weighted by Crippen LogP contribution is -2.10. The predicted octanol–water partition coefficient (Wildman–Crippen LogP) is 4.83. The summed E-state index contributed by atoms with van der Waals surface area (Å²) in [6, 6.07) is 19.6. The lowest BCUT2D eigenvalue weighted by Gasteiger charge is -2.13. The average Bonchev–Trinajstić information content (AvgIpc) is 2.48. The lowest BCUT2D eigenvalue weighted by molar-refractivity contribution is 0.611. The molecular formula is C19H25N. The molecule has 2 N–H and O–H groups in total. The standard InChI is InChI=1S/C19H25N/c1-15(2)17-11-13-18(14-12-17)19(20)10-6-9-16-7-4-3-5-8-16/h3-5,7-8,11-15,19H,6,9-10,20H2,1-2H3. The summed E-state index contributed by atoms with van der Waals surface area (Å²) in [4.78, 5) is 0. The molecule has 0 radical (unpaired) electrons. The van der Waals surface area contributed by atoms with Crippen molar-refractivity contribution >= 4 is 0 Å². The van der Waals surface area contributed by atoms with Crippen LogP contribution in [0.1, 0.15) is 55.3 Å². The molecule has 0 saturated heterocycles. The summed E-state index contributed by atoms with van der Waals surface area (Å²) < 4.78 is 0. The van der Waals surface area contributed by atoms with Gasteiger partial charge in [0.05, 0.1) is 0 Å². The summed E-state index contributed by atoms with van der Waals surface area (Å²) in [6.45, 7) is 4.43. The maximum Gasteiger partial charge on any atom is 0.0294 e. The minimum Gasteiger partial charge on any atom is -0.324 e. The Balaban J connectivity index is 1.84. The van der Waals surface area contributed by atoms with E-state index in [1.54, 1.807) is 0 Å². The highest BCUT2D eigenvalue weighted by atomic mass is 14.6. The molecule has 1 heteroatoms. The van der Waals surface area contributed by atoms with Gasteiger partial charge < -0.3 is 5.73 Å². The van der Waals surface area contributed by atoms with Gasteiger partial charge in [-0.25, -0.2) is 0 Å². The van der Waals surface area contributed by atoms with E-state index in [1.807, 2.05) is 0 Å². The Kier molecular flexibility index (Phi) is 5.37. The van der Waals surface area contributed by atoms with Crippen molar-refractivity contribution in [1.29, 1.82) is 0 Å². The first-order valence-electron chi connectivity index (χ1n) is 7.56. The minimum atomic E-state index is 0.153. The van der Waals surface area contributed by atoms with Gasteiger partial charge in [-0.05, 0) is 41.9 Å². The van der Waals surface area contributed by atoms with Gasteiger partial charge in [-0.15, -0.1) is 0 Å². The van der Waals surface area contributed by atoms with Crippen molar-refractivity contribution in [2.45, 2.75) is 45.1 Å². The van der Waals surface area contributed by atoms with Gasteiger partial charge in [-0.2, -0.15) is 0 Å². The highest BCUT2D eigenvalue weighted by Gasteiger charge is 2.06. The first kappa shape index (κ1) is 14.8. The molecule has 0 aliphatic rings. The highest BCUT2D eigenvalue weighted by molar-refractivity contribution is 5.26. The van der Waals surface area contributed by atoms with Crippen LogP contribution in [0.15, 0.2) is 54.6 Å². The lowest BCUT2D eigenvalue weighted by atomic mass is 9.96. The Bertz CT molecular complexity index is 499. The molecule has 2 rings (SSSR count). The van der Waals surface area contributed by atoms with Crippen molar-refractivity contribution in [3.8, 4) is 0 Å². The minimum absolute atomic E-state index is 0.153. The molecule has 0 aromatic heterocycles. The smallest absolute Gasteiger partial charge is 0.0294 e. The third-order valence-electron chi connectivity index (χ3n) is 3.85. The fraction of sp³-hybridized carbons (Fsp3) is 0.368. The van der Waals surface area contributed by atoms with Crippen LogP contribution in [0.4, 0.5) is 0 Å². The Hall–Kier alpha value is -1.60. The molecule has 1 atom stereocenters. The van der Waals surface area contributed by atoms with Gasteiger partial charge in [0.15, 0.2) is 0 Å². The molecular weight excluding hydrogens is 242 g/mol. The molecule has 0 bridgehead atoms. The zero-order valence-corrected chi connectivity index (χ0v) is 12.5. The Morgan fingerprint density at radius 3 is 2.05 bits per heavy atom. The molecule has 20 heavy (non-hydrogen) atoms. The van der Waals surface area contributed by atoms with Gasteiger partial charge in [0.25, 0.3) is 0 Å². The van der Waals surface area contributed by atoms with Gasteiger partial charge in [0.1, 0.15) is 0 Å². The number of hydrogen-bond donors (Lipinski definition) is 1. The third-order valence-corrected chi connectivity index (χ3v) is 3.85. The Labute approximate surface area is 122 Å². The molecule has 0 amide bonds. The number of aryl methyl sites for hydroxylation is 1. The fourth-order valence-electron chi connectivity index (χ4n) is 2.47. The second-order valence-electron chi connectivity index (χ2n) is 5.81. The van der Waals surface area contributed by atoms with Gasteiger partial charge in [0, 0.05) is 6.04 Å². The molecule has 0 heterocycles. The zero-order valence-electron chi connectivity index (χ0n) is 12.5. The van der Waals surface area contributed by atoms with Crippen LogP contribution in [-0.2, 0) is 6.42 Å². The molecule has 1 unspecified atom stereocenters. The molecule has 0 aliphatic carbocycles. The second-order valence-corrected chi connectivity index (χ2v) is 5.81. The molecule has 2 aromatic rings. The monoisotopic (exact) mass is 267 g/mol. The van der Waals surface area contributed by atoms with E-state index in [-0.39, 0.29) is 6.04 Å². The molecule has 0 fully saturated rings. The van der Waals surface area contributed by atoms with Crippen LogP contribution < -0.4 is 5.73 Å². The van der Waals surface area contributed by atoms with E-state index in [9.17, 15) is 0 Å². The van der Waals surface area contributed by atoms with Crippen LogP contribution in [-0.4, -0.2) is 0 Å². The summed E-state index contributed by atoms with van der Waals surface area (Å²) in [6.07, 6.45) is 3.28. The topological polar surface area (TPSA) is 26.0 Å². The van der Waals surface area contributed by atoms with E-state index >= 15 is 0 Å². The quantitative estimate of drug-likeness (QED) is 0.796. The van der Waals surface area contributed by atoms with Crippen LogP contribution in [0.25, 0.3) is 0 Å². The molecule has 0 saturated carbocycles. The second kappa shape index (κ2) is 7.25. The maximum atomic E-state index is 6.29. The van der Waals surface area contributed by atoms with E-state index < -0.39 is 0 Å². The number of benzene rings is 2. The van der Waals surface area contributed by atoms with E-state index in [1.165, 1.54) is 16.7 Å². The van der Waals surface area contributed by atoms with E-state index in [2.05, 4.69) is 68.4 Å². The summed E-state index contributed by atoms with van der Waals surface area (Å²) in [5.41, 5.74) is 10.3. The normalized spacial score (nSPS) is 12.6. The summed E-state index contributed by atoms with van der Waals surface area (Å²) in [7, 11) is 0. The van der Waals surface area contributed by atoms with Crippen LogP contribution in [0.2, 0.25) is 0 Å². The van der Waals surface area contributed by atoms with Crippen LogP contribution >= 0.6 is 0 Å². The summed E-state index contributed by atoms with van der Waals surface area (Å²) >= 11 is 0. The van der Waals surface area contributed by atoms with Crippen molar-refractivity contribution in [3.05, 3.63) is 71.3 Å². The van der Waals surface area contributed by atoms with Gasteiger partial charge in [-0.1, -0.05) is 68.4 Å².